The molecule has 1 saturated carbocycles. The number of ether oxygens (including phenoxy) is 1. The van der Waals surface area contributed by atoms with Crippen LogP contribution in [0.3, 0.4) is 0 Å². The maximum Gasteiger partial charge on any atom is 0.0930 e. The fourth-order valence-electron chi connectivity index (χ4n) is 2.37. The summed E-state index contributed by atoms with van der Waals surface area (Å²) >= 11 is 1.78. The van der Waals surface area contributed by atoms with Gasteiger partial charge in [-0.1, -0.05) is 6.92 Å². The Kier molecular flexibility index (Phi) is 4.54. The molecule has 17 heavy (non-hydrogen) atoms. The van der Waals surface area contributed by atoms with Crippen molar-refractivity contribution >= 4 is 11.3 Å². The maximum absolute atomic E-state index is 5.07. The van der Waals surface area contributed by atoms with E-state index in [2.05, 4.69) is 22.6 Å². The third-order valence-electron chi connectivity index (χ3n) is 3.61. The molecule has 1 aromatic heterocycles. The van der Waals surface area contributed by atoms with Gasteiger partial charge in [0.2, 0.25) is 0 Å². The highest BCUT2D eigenvalue weighted by molar-refractivity contribution is 7.09. The van der Waals surface area contributed by atoms with E-state index in [0.29, 0.717) is 5.41 Å². The topological polar surface area (TPSA) is 34.1 Å². The van der Waals surface area contributed by atoms with Crippen molar-refractivity contribution in [1.29, 1.82) is 0 Å². The molecule has 0 radical (unpaired) electrons. The Morgan fingerprint density at radius 3 is 3.00 bits per heavy atom. The molecule has 4 heteroatoms. The van der Waals surface area contributed by atoms with E-state index in [4.69, 9.17) is 4.74 Å². The van der Waals surface area contributed by atoms with Crippen molar-refractivity contribution in [1.82, 2.24) is 10.3 Å². The van der Waals surface area contributed by atoms with E-state index in [1.54, 1.807) is 18.4 Å². The second-order valence-electron chi connectivity index (χ2n) is 5.20. The van der Waals surface area contributed by atoms with Gasteiger partial charge in [0.1, 0.15) is 0 Å². The van der Waals surface area contributed by atoms with E-state index in [9.17, 15) is 0 Å². The molecule has 2 rings (SSSR count). The first kappa shape index (κ1) is 13.0. The highest BCUT2D eigenvalue weighted by atomic mass is 32.1. The molecule has 1 aliphatic carbocycles. The van der Waals surface area contributed by atoms with Gasteiger partial charge in [-0.25, -0.2) is 4.98 Å². The van der Waals surface area contributed by atoms with Crippen LogP contribution in [0.5, 0.6) is 0 Å². The monoisotopic (exact) mass is 254 g/mol. The van der Waals surface area contributed by atoms with Crippen molar-refractivity contribution in [3.63, 3.8) is 0 Å². The number of hydrogen-bond acceptors (Lipinski definition) is 4. The molecule has 1 unspecified atom stereocenters. The number of rotatable bonds is 8. The minimum atomic E-state index is 0.367. The van der Waals surface area contributed by atoms with Gasteiger partial charge in [-0.2, -0.15) is 0 Å². The first-order valence-electron chi connectivity index (χ1n) is 6.32. The molecule has 1 aromatic rings. The molecular weight excluding hydrogens is 232 g/mol. The third-order valence-corrected chi connectivity index (χ3v) is 4.39. The Morgan fingerprint density at radius 1 is 1.59 bits per heavy atom. The zero-order valence-electron chi connectivity index (χ0n) is 10.7. The average molecular weight is 254 g/mol. The van der Waals surface area contributed by atoms with E-state index in [1.165, 1.54) is 17.8 Å². The molecule has 0 bridgehead atoms. The van der Waals surface area contributed by atoms with Crippen molar-refractivity contribution in [2.75, 3.05) is 26.8 Å². The standard InChI is InChI=1S/C13H22N2OS/c1-13(11-3-4-11,10-14-5-7-16-2)9-12-15-6-8-17-12/h6,8,11,14H,3-5,7,9-10H2,1-2H3. The second kappa shape index (κ2) is 5.94. The summed E-state index contributed by atoms with van der Waals surface area (Å²) in [7, 11) is 1.75. The van der Waals surface area contributed by atoms with Crippen LogP contribution in [0.2, 0.25) is 0 Å². The largest absolute Gasteiger partial charge is 0.383 e. The number of aromatic nitrogens is 1. The highest BCUT2D eigenvalue weighted by Gasteiger charge is 2.41. The SMILES string of the molecule is COCCNCC(C)(Cc1nccs1)C1CC1. The van der Waals surface area contributed by atoms with Gasteiger partial charge in [-0.15, -0.1) is 11.3 Å². The molecular formula is C13H22N2OS. The third kappa shape index (κ3) is 3.76. The first-order chi connectivity index (χ1) is 8.24. The van der Waals surface area contributed by atoms with Crippen molar-refractivity contribution in [2.45, 2.75) is 26.2 Å². The van der Waals surface area contributed by atoms with Gasteiger partial charge in [0.15, 0.2) is 0 Å². The van der Waals surface area contributed by atoms with Crippen molar-refractivity contribution in [3.05, 3.63) is 16.6 Å². The number of thiazole rings is 1. The van der Waals surface area contributed by atoms with Gasteiger partial charge in [-0.3, -0.25) is 0 Å². The van der Waals surface area contributed by atoms with Crippen LogP contribution in [0.25, 0.3) is 0 Å². The predicted octanol–water partition coefficient (Wildman–Crippen LogP) is 2.34. The smallest absolute Gasteiger partial charge is 0.0930 e. The highest BCUT2D eigenvalue weighted by Crippen LogP contribution is 2.47. The predicted molar refractivity (Wildman–Crippen MR) is 71.4 cm³/mol. The van der Waals surface area contributed by atoms with Gasteiger partial charge >= 0.3 is 0 Å². The minimum Gasteiger partial charge on any atom is -0.383 e. The van der Waals surface area contributed by atoms with Crippen LogP contribution >= 0.6 is 11.3 Å². The Morgan fingerprint density at radius 2 is 2.41 bits per heavy atom. The Labute approximate surface area is 108 Å². The van der Waals surface area contributed by atoms with Crippen molar-refractivity contribution in [2.24, 2.45) is 11.3 Å². The summed E-state index contributed by atoms with van der Waals surface area (Å²) in [6.07, 6.45) is 5.78. The van der Waals surface area contributed by atoms with Gasteiger partial charge in [0.25, 0.3) is 0 Å². The lowest BCUT2D eigenvalue weighted by Gasteiger charge is -2.29. The van der Waals surface area contributed by atoms with Crippen LogP contribution in [0.1, 0.15) is 24.8 Å². The van der Waals surface area contributed by atoms with Gasteiger partial charge in [0, 0.05) is 38.2 Å². The summed E-state index contributed by atoms with van der Waals surface area (Å²) in [5.74, 6) is 0.876. The molecule has 1 fully saturated rings. The van der Waals surface area contributed by atoms with E-state index < -0.39 is 0 Å². The Balaban J connectivity index is 1.85. The molecule has 1 aliphatic rings. The second-order valence-corrected chi connectivity index (χ2v) is 6.18. The fraction of sp³-hybridized carbons (Fsp3) is 0.769. The molecule has 3 nitrogen and oxygen atoms in total. The fourth-order valence-corrected chi connectivity index (χ4v) is 3.18. The molecule has 0 aliphatic heterocycles. The zero-order valence-corrected chi connectivity index (χ0v) is 11.6. The first-order valence-corrected chi connectivity index (χ1v) is 7.20. The molecule has 0 amide bonds. The molecule has 0 aromatic carbocycles. The number of nitrogens with one attached hydrogen (secondary N) is 1. The summed E-state index contributed by atoms with van der Waals surface area (Å²) in [4.78, 5) is 4.42. The lowest BCUT2D eigenvalue weighted by molar-refractivity contribution is 0.187. The molecule has 96 valence electrons. The van der Waals surface area contributed by atoms with E-state index in [0.717, 1.165) is 32.0 Å². The van der Waals surface area contributed by atoms with Crippen molar-refractivity contribution < 1.29 is 4.74 Å². The molecule has 1 heterocycles. The summed E-state index contributed by atoms with van der Waals surface area (Å²) in [6.45, 7) is 5.20. The van der Waals surface area contributed by atoms with Crippen LogP contribution in [-0.4, -0.2) is 31.8 Å². The van der Waals surface area contributed by atoms with Crippen LogP contribution < -0.4 is 5.32 Å². The van der Waals surface area contributed by atoms with Gasteiger partial charge < -0.3 is 10.1 Å². The summed E-state index contributed by atoms with van der Waals surface area (Å²) in [5, 5.41) is 6.85. The lowest BCUT2D eigenvalue weighted by Crippen LogP contribution is -2.37. The normalized spacial score (nSPS) is 19.2. The average Bonchev–Trinajstić information content (AvgIpc) is 3.07. The number of methoxy groups -OCH3 is 1. The van der Waals surface area contributed by atoms with E-state index in [1.807, 2.05) is 6.20 Å². The van der Waals surface area contributed by atoms with Crippen LogP contribution in [0.4, 0.5) is 0 Å². The van der Waals surface area contributed by atoms with Crippen LogP contribution in [0, 0.1) is 11.3 Å². The van der Waals surface area contributed by atoms with E-state index >= 15 is 0 Å². The summed E-state index contributed by atoms with van der Waals surface area (Å²) in [5.41, 5.74) is 0.367. The molecule has 0 saturated heterocycles. The number of nitrogens with zero attached hydrogens (tertiary/aromatic N) is 1. The molecule has 1 N–H and O–H groups in total. The minimum absolute atomic E-state index is 0.367. The quantitative estimate of drug-likeness (QED) is 0.723. The van der Waals surface area contributed by atoms with Gasteiger partial charge in [0.05, 0.1) is 11.6 Å². The number of hydrogen-bond donors (Lipinski definition) is 1. The Hall–Kier alpha value is -0.450. The lowest BCUT2D eigenvalue weighted by atomic mass is 9.81. The van der Waals surface area contributed by atoms with Crippen molar-refractivity contribution in [3.8, 4) is 0 Å². The molecule has 0 spiro atoms. The van der Waals surface area contributed by atoms with Crippen LogP contribution in [0.15, 0.2) is 11.6 Å². The summed E-state index contributed by atoms with van der Waals surface area (Å²) in [6, 6.07) is 0. The van der Waals surface area contributed by atoms with E-state index in [-0.39, 0.29) is 0 Å². The Bertz CT molecular complexity index is 324. The molecule has 1 atom stereocenters. The van der Waals surface area contributed by atoms with Crippen LogP contribution in [-0.2, 0) is 11.2 Å². The van der Waals surface area contributed by atoms with Gasteiger partial charge in [-0.05, 0) is 24.2 Å². The zero-order chi connectivity index (χ0) is 12.1. The maximum atomic E-state index is 5.07. The summed E-state index contributed by atoms with van der Waals surface area (Å²) < 4.78 is 5.07.